The third kappa shape index (κ3) is 9.38. The normalized spacial score (nSPS) is 10.4. The number of ether oxygens (including phenoxy) is 1. The van der Waals surface area contributed by atoms with Crippen molar-refractivity contribution in [3.8, 4) is 5.75 Å². The summed E-state index contributed by atoms with van der Waals surface area (Å²) >= 11 is 1.38. The zero-order chi connectivity index (χ0) is 25.6. The number of anilines is 2. The van der Waals surface area contributed by atoms with Gasteiger partial charge < -0.3 is 15.4 Å². The van der Waals surface area contributed by atoms with E-state index in [0.29, 0.717) is 17.6 Å². The largest absolute Gasteiger partial charge is 0.493 e. The molecule has 0 spiro atoms. The topological polar surface area (TPSA) is 119 Å². The van der Waals surface area contributed by atoms with Crippen LogP contribution in [0.4, 0.5) is 10.9 Å². The van der Waals surface area contributed by atoms with Gasteiger partial charge in [0.2, 0.25) is 16.9 Å². The highest BCUT2D eigenvalue weighted by atomic mass is 32.1. The lowest BCUT2D eigenvalue weighted by Crippen LogP contribution is -2.16. The third-order valence-electron chi connectivity index (χ3n) is 4.96. The molecule has 0 atom stereocenters. The van der Waals surface area contributed by atoms with Crippen molar-refractivity contribution in [3.05, 3.63) is 78.0 Å². The molecule has 0 aliphatic rings. The fourth-order valence-corrected chi connectivity index (χ4v) is 4.02. The summed E-state index contributed by atoms with van der Waals surface area (Å²) in [5.41, 5.74) is 1.71. The number of nitrogens with zero attached hydrogens (tertiary/aromatic N) is 4. The standard InChI is InChI=1S/C26H30N6O3S/c1-3-5-16-35-21-12-8-10-19(17-21)18-24(34)27-22-15-14-20(29-30-22)11-6-7-13-25-31-32-26(36-25)28-23(33)9-4-2/h3-4,8,10,12,14-15,17H,1-2,5-7,9,11,13,16,18H2,(H,27,30,34)(H,28,32,33). The first-order valence-corrected chi connectivity index (χ1v) is 12.6. The smallest absolute Gasteiger partial charge is 0.229 e. The first-order valence-electron chi connectivity index (χ1n) is 11.7. The van der Waals surface area contributed by atoms with Crippen LogP contribution in [0, 0.1) is 0 Å². The maximum atomic E-state index is 12.4. The summed E-state index contributed by atoms with van der Waals surface area (Å²) in [4.78, 5) is 24.0. The molecule has 0 saturated carbocycles. The van der Waals surface area contributed by atoms with Gasteiger partial charge in [0.1, 0.15) is 10.8 Å². The monoisotopic (exact) mass is 506 g/mol. The molecule has 2 amide bonds. The Morgan fingerprint density at radius 1 is 0.944 bits per heavy atom. The fourth-order valence-electron chi connectivity index (χ4n) is 3.23. The zero-order valence-electron chi connectivity index (χ0n) is 20.1. The molecule has 2 heterocycles. The van der Waals surface area contributed by atoms with Gasteiger partial charge in [-0.2, -0.15) is 5.10 Å². The van der Waals surface area contributed by atoms with Crippen molar-refractivity contribution in [1.82, 2.24) is 20.4 Å². The van der Waals surface area contributed by atoms with Gasteiger partial charge in [-0.1, -0.05) is 35.6 Å². The predicted octanol–water partition coefficient (Wildman–Crippen LogP) is 4.54. The first kappa shape index (κ1) is 26.7. The molecule has 188 valence electrons. The number of rotatable bonds is 15. The van der Waals surface area contributed by atoms with Crippen LogP contribution in [0.2, 0.25) is 0 Å². The van der Waals surface area contributed by atoms with Crippen molar-refractivity contribution < 1.29 is 14.3 Å². The number of aromatic nitrogens is 4. The molecular formula is C26H30N6O3S. The van der Waals surface area contributed by atoms with Crippen molar-refractivity contribution >= 4 is 34.1 Å². The highest BCUT2D eigenvalue weighted by molar-refractivity contribution is 7.15. The third-order valence-corrected chi connectivity index (χ3v) is 5.86. The molecule has 1 aromatic carbocycles. The zero-order valence-corrected chi connectivity index (χ0v) is 20.9. The predicted molar refractivity (Wildman–Crippen MR) is 141 cm³/mol. The van der Waals surface area contributed by atoms with E-state index in [1.807, 2.05) is 30.3 Å². The summed E-state index contributed by atoms with van der Waals surface area (Å²) in [5, 5.41) is 23.3. The highest BCUT2D eigenvalue weighted by Gasteiger charge is 2.09. The maximum absolute atomic E-state index is 12.4. The Hall–Kier alpha value is -3.92. The second-order valence-corrected chi connectivity index (χ2v) is 9.02. The molecule has 10 heteroatoms. The van der Waals surface area contributed by atoms with Crippen LogP contribution in [-0.2, 0) is 28.9 Å². The van der Waals surface area contributed by atoms with Gasteiger partial charge in [-0.05, 0) is 55.5 Å². The molecule has 3 rings (SSSR count). The molecule has 0 bridgehead atoms. The van der Waals surface area contributed by atoms with E-state index in [1.54, 1.807) is 18.2 Å². The van der Waals surface area contributed by atoms with Crippen LogP contribution >= 0.6 is 11.3 Å². The number of carbonyl (C=O) groups is 2. The first-order chi connectivity index (χ1) is 17.6. The lowest BCUT2D eigenvalue weighted by molar-refractivity contribution is -0.116. The second-order valence-electron chi connectivity index (χ2n) is 7.96. The van der Waals surface area contributed by atoms with Crippen molar-refractivity contribution in [1.29, 1.82) is 0 Å². The van der Waals surface area contributed by atoms with Crippen molar-refractivity contribution in [2.24, 2.45) is 0 Å². The van der Waals surface area contributed by atoms with Gasteiger partial charge >= 0.3 is 0 Å². The van der Waals surface area contributed by atoms with Gasteiger partial charge in [0, 0.05) is 12.8 Å². The Kier molecular flexibility index (Phi) is 10.7. The molecule has 0 unspecified atom stereocenters. The summed E-state index contributed by atoms with van der Waals surface area (Å²) in [7, 11) is 0. The fraction of sp³-hybridized carbons (Fsp3) is 0.308. The maximum Gasteiger partial charge on any atom is 0.229 e. The Balaban J connectivity index is 1.37. The SMILES string of the molecule is C=CCCOc1cccc(CC(=O)Nc2ccc(CCCCc3nnc(NC(=O)CC=C)s3)nn2)c1. The molecule has 0 aliphatic carbocycles. The van der Waals surface area contributed by atoms with Crippen LogP contribution in [0.15, 0.2) is 61.7 Å². The number of hydrogen-bond donors (Lipinski definition) is 2. The van der Waals surface area contributed by atoms with Gasteiger partial charge in [-0.25, -0.2) is 0 Å². The molecule has 2 aromatic heterocycles. The quantitative estimate of drug-likeness (QED) is 0.229. The van der Waals surface area contributed by atoms with Crippen molar-refractivity contribution in [3.63, 3.8) is 0 Å². The van der Waals surface area contributed by atoms with Crippen molar-refractivity contribution in [2.75, 3.05) is 17.2 Å². The minimum Gasteiger partial charge on any atom is -0.493 e. The second kappa shape index (κ2) is 14.5. The molecule has 0 aliphatic heterocycles. The average molecular weight is 507 g/mol. The number of nitrogens with one attached hydrogen (secondary N) is 2. The Labute approximate surface area is 214 Å². The van der Waals surface area contributed by atoms with E-state index < -0.39 is 0 Å². The minimum absolute atomic E-state index is 0.148. The van der Waals surface area contributed by atoms with Crippen LogP contribution in [-0.4, -0.2) is 38.8 Å². The van der Waals surface area contributed by atoms with Gasteiger partial charge in [0.25, 0.3) is 0 Å². The number of carbonyl (C=O) groups excluding carboxylic acids is 2. The summed E-state index contributed by atoms with van der Waals surface area (Å²) in [6.07, 6.45) is 7.93. The molecule has 2 N–H and O–H groups in total. The Bertz CT molecular complexity index is 1160. The van der Waals surface area contributed by atoms with Gasteiger partial charge in [-0.15, -0.1) is 28.5 Å². The summed E-state index contributed by atoms with van der Waals surface area (Å²) in [5.74, 6) is 0.831. The van der Waals surface area contributed by atoms with Gasteiger partial charge in [0.15, 0.2) is 5.82 Å². The molecular weight excluding hydrogens is 476 g/mol. The summed E-state index contributed by atoms with van der Waals surface area (Å²) < 4.78 is 5.64. The number of amides is 2. The number of unbranched alkanes of at least 4 members (excludes halogenated alkanes) is 1. The van der Waals surface area contributed by atoms with E-state index in [1.165, 1.54) is 11.3 Å². The lowest BCUT2D eigenvalue weighted by Gasteiger charge is -2.08. The van der Waals surface area contributed by atoms with E-state index >= 15 is 0 Å². The number of benzene rings is 1. The van der Waals surface area contributed by atoms with E-state index in [0.717, 1.165) is 54.1 Å². The van der Waals surface area contributed by atoms with E-state index in [2.05, 4.69) is 44.2 Å². The molecule has 36 heavy (non-hydrogen) atoms. The van der Waals surface area contributed by atoms with Crippen LogP contribution < -0.4 is 15.4 Å². The lowest BCUT2D eigenvalue weighted by atomic mass is 10.1. The minimum atomic E-state index is -0.169. The molecule has 3 aromatic rings. The summed E-state index contributed by atoms with van der Waals surface area (Å²) in [6, 6.07) is 11.1. The van der Waals surface area contributed by atoms with Gasteiger partial charge in [0.05, 0.1) is 18.7 Å². The van der Waals surface area contributed by atoms with E-state index in [4.69, 9.17) is 4.74 Å². The highest BCUT2D eigenvalue weighted by Crippen LogP contribution is 2.18. The molecule has 0 saturated heterocycles. The van der Waals surface area contributed by atoms with Crippen molar-refractivity contribution in [2.45, 2.75) is 44.9 Å². The van der Waals surface area contributed by atoms with Crippen LogP contribution in [0.25, 0.3) is 0 Å². The summed E-state index contributed by atoms with van der Waals surface area (Å²) in [6.45, 7) is 7.77. The average Bonchev–Trinajstić information content (AvgIpc) is 3.30. The Morgan fingerprint density at radius 3 is 2.58 bits per heavy atom. The Morgan fingerprint density at radius 2 is 1.81 bits per heavy atom. The number of aryl methyl sites for hydroxylation is 2. The van der Waals surface area contributed by atoms with Crippen LogP contribution in [0.1, 0.15) is 41.9 Å². The van der Waals surface area contributed by atoms with Crippen LogP contribution in [0.5, 0.6) is 5.75 Å². The molecule has 0 radical (unpaired) electrons. The molecule has 9 nitrogen and oxygen atoms in total. The van der Waals surface area contributed by atoms with Gasteiger partial charge in [-0.3, -0.25) is 9.59 Å². The van der Waals surface area contributed by atoms with Crippen LogP contribution in [0.3, 0.4) is 0 Å². The van der Waals surface area contributed by atoms with E-state index in [-0.39, 0.29) is 24.7 Å². The number of hydrogen-bond acceptors (Lipinski definition) is 8. The van der Waals surface area contributed by atoms with E-state index in [9.17, 15) is 9.59 Å². The molecule has 0 fully saturated rings.